The van der Waals surface area contributed by atoms with Gasteiger partial charge in [0.25, 0.3) is 0 Å². The summed E-state index contributed by atoms with van der Waals surface area (Å²) in [5.74, 6) is 0.969. The molecular weight excluding hydrogens is 202 g/mol. The number of ether oxygens (including phenoxy) is 2. The number of benzene rings is 1. The maximum Gasteiger partial charge on any atom is 0.189 e. The Hall–Kier alpha value is -1.06. The molecule has 0 aliphatic carbocycles. The zero-order valence-corrected chi connectivity index (χ0v) is 9.58. The maximum atomic E-state index is 5.47. The molecule has 0 fully saturated rings. The molecule has 1 aliphatic rings. The van der Waals surface area contributed by atoms with Crippen LogP contribution in [0, 0.1) is 0 Å². The fraction of sp³-hybridized carbons (Fsp3) is 0.538. The van der Waals surface area contributed by atoms with Crippen molar-refractivity contribution in [2.45, 2.75) is 32.3 Å². The summed E-state index contributed by atoms with van der Waals surface area (Å²) in [5, 5.41) is 0. The summed E-state index contributed by atoms with van der Waals surface area (Å²) in [5.41, 5.74) is 8.00. The van der Waals surface area contributed by atoms with Crippen molar-refractivity contribution in [3.63, 3.8) is 0 Å². The Morgan fingerprint density at radius 1 is 1.19 bits per heavy atom. The number of hydrogen-bond donors (Lipinski definition) is 1. The van der Waals surface area contributed by atoms with Gasteiger partial charge < -0.3 is 15.2 Å². The highest BCUT2D eigenvalue weighted by Crippen LogP contribution is 2.25. The standard InChI is InChI=1S/C13H19NO2/c14-7-3-1-2-4-11-5-6-13-12(8-11)9-15-10-16-13/h5-6,8H,1-4,7,9-10,14H2. The summed E-state index contributed by atoms with van der Waals surface area (Å²) < 4.78 is 10.6. The van der Waals surface area contributed by atoms with Crippen molar-refractivity contribution in [2.24, 2.45) is 5.73 Å². The third kappa shape index (κ3) is 2.97. The van der Waals surface area contributed by atoms with Crippen molar-refractivity contribution in [2.75, 3.05) is 13.3 Å². The lowest BCUT2D eigenvalue weighted by molar-refractivity contribution is -0.0164. The van der Waals surface area contributed by atoms with Gasteiger partial charge in [0.15, 0.2) is 6.79 Å². The van der Waals surface area contributed by atoms with Crippen molar-refractivity contribution in [1.82, 2.24) is 0 Å². The van der Waals surface area contributed by atoms with Crippen LogP contribution < -0.4 is 10.5 Å². The molecule has 0 aromatic heterocycles. The highest BCUT2D eigenvalue weighted by Gasteiger charge is 2.10. The van der Waals surface area contributed by atoms with E-state index in [0.717, 1.165) is 25.1 Å². The fourth-order valence-electron chi connectivity index (χ4n) is 1.95. The molecule has 0 bridgehead atoms. The lowest BCUT2D eigenvalue weighted by Crippen LogP contribution is -2.11. The van der Waals surface area contributed by atoms with E-state index in [0.29, 0.717) is 13.4 Å². The van der Waals surface area contributed by atoms with Gasteiger partial charge in [0, 0.05) is 5.56 Å². The van der Waals surface area contributed by atoms with Crippen LogP contribution in [0.5, 0.6) is 5.75 Å². The van der Waals surface area contributed by atoms with Gasteiger partial charge in [0.1, 0.15) is 5.75 Å². The highest BCUT2D eigenvalue weighted by atomic mass is 16.7. The van der Waals surface area contributed by atoms with Gasteiger partial charge in [-0.15, -0.1) is 0 Å². The molecule has 0 saturated heterocycles. The molecule has 1 aliphatic heterocycles. The largest absolute Gasteiger partial charge is 0.467 e. The molecule has 1 heterocycles. The summed E-state index contributed by atoms with van der Waals surface area (Å²) in [7, 11) is 0. The number of unbranched alkanes of at least 4 members (excludes halogenated alkanes) is 2. The van der Waals surface area contributed by atoms with Crippen molar-refractivity contribution < 1.29 is 9.47 Å². The molecule has 0 spiro atoms. The molecule has 2 N–H and O–H groups in total. The predicted molar refractivity (Wildman–Crippen MR) is 63.3 cm³/mol. The predicted octanol–water partition coefficient (Wildman–Crippen LogP) is 2.22. The summed E-state index contributed by atoms with van der Waals surface area (Å²) >= 11 is 0. The zero-order valence-electron chi connectivity index (χ0n) is 9.58. The van der Waals surface area contributed by atoms with E-state index in [2.05, 4.69) is 18.2 Å². The Labute approximate surface area is 96.5 Å². The van der Waals surface area contributed by atoms with Gasteiger partial charge in [-0.1, -0.05) is 12.5 Å². The van der Waals surface area contributed by atoms with Gasteiger partial charge in [-0.25, -0.2) is 0 Å². The van der Waals surface area contributed by atoms with E-state index in [1.54, 1.807) is 0 Å². The molecule has 16 heavy (non-hydrogen) atoms. The van der Waals surface area contributed by atoms with Crippen molar-refractivity contribution in [3.05, 3.63) is 29.3 Å². The number of rotatable bonds is 5. The molecule has 0 radical (unpaired) electrons. The Kier molecular flexibility index (Phi) is 4.19. The third-order valence-electron chi connectivity index (χ3n) is 2.85. The van der Waals surface area contributed by atoms with Crippen LogP contribution in [0.2, 0.25) is 0 Å². The molecule has 0 saturated carbocycles. The van der Waals surface area contributed by atoms with Gasteiger partial charge in [0.2, 0.25) is 0 Å². The van der Waals surface area contributed by atoms with Crippen molar-refractivity contribution in [1.29, 1.82) is 0 Å². The zero-order chi connectivity index (χ0) is 11.2. The highest BCUT2D eigenvalue weighted by molar-refractivity contribution is 5.37. The maximum absolute atomic E-state index is 5.47. The summed E-state index contributed by atoms with van der Waals surface area (Å²) in [6, 6.07) is 6.39. The van der Waals surface area contributed by atoms with Crippen LogP contribution in [0.3, 0.4) is 0 Å². The lowest BCUT2D eigenvalue weighted by Gasteiger charge is -2.18. The Morgan fingerprint density at radius 3 is 3.00 bits per heavy atom. The van der Waals surface area contributed by atoms with Crippen LogP contribution >= 0.6 is 0 Å². The number of fused-ring (bicyclic) bond motifs is 1. The monoisotopic (exact) mass is 221 g/mol. The second kappa shape index (κ2) is 5.87. The first-order valence-corrected chi connectivity index (χ1v) is 5.92. The quantitative estimate of drug-likeness (QED) is 0.775. The SMILES string of the molecule is NCCCCCc1ccc2c(c1)COCO2. The van der Waals surface area contributed by atoms with Crippen LogP contribution in [0.4, 0.5) is 0 Å². The van der Waals surface area contributed by atoms with E-state index in [1.165, 1.54) is 24.0 Å². The smallest absolute Gasteiger partial charge is 0.189 e. The summed E-state index contributed by atoms with van der Waals surface area (Å²) in [6.07, 6.45) is 4.66. The molecule has 2 rings (SSSR count). The normalized spacial score (nSPS) is 14.3. The van der Waals surface area contributed by atoms with E-state index >= 15 is 0 Å². The summed E-state index contributed by atoms with van der Waals surface area (Å²) in [6.45, 7) is 1.85. The van der Waals surface area contributed by atoms with Gasteiger partial charge in [0.05, 0.1) is 6.61 Å². The number of nitrogens with two attached hydrogens (primary N) is 1. The molecule has 0 unspecified atom stereocenters. The van der Waals surface area contributed by atoms with Gasteiger partial charge in [-0.2, -0.15) is 0 Å². The minimum Gasteiger partial charge on any atom is -0.467 e. The molecular formula is C13H19NO2. The fourth-order valence-corrected chi connectivity index (χ4v) is 1.95. The van der Waals surface area contributed by atoms with Crippen LogP contribution in [0.1, 0.15) is 30.4 Å². The molecule has 3 heteroatoms. The molecule has 1 aromatic carbocycles. The second-order valence-corrected chi connectivity index (χ2v) is 4.15. The minimum atomic E-state index is 0.378. The topological polar surface area (TPSA) is 44.5 Å². The van der Waals surface area contributed by atoms with Crippen LogP contribution in [0.15, 0.2) is 18.2 Å². The molecule has 0 amide bonds. The van der Waals surface area contributed by atoms with Crippen molar-refractivity contribution >= 4 is 0 Å². The Morgan fingerprint density at radius 2 is 2.12 bits per heavy atom. The first-order chi connectivity index (χ1) is 7.90. The number of hydrogen-bond acceptors (Lipinski definition) is 3. The number of aryl methyl sites for hydroxylation is 1. The van der Waals surface area contributed by atoms with E-state index in [-0.39, 0.29) is 0 Å². The van der Waals surface area contributed by atoms with E-state index in [9.17, 15) is 0 Å². The molecule has 1 aromatic rings. The summed E-state index contributed by atoms with van der Waals surface area (Å²) in [4.78, 5) is 0. The van der Waals surface area contributed by atoms with Gasteiger partial charge in [-0.3, -0.25) is 0 Å². The first kappa shape index (κ1) is 11.4. The lowest BCUT2D eigenvalue weighted by atomic mass is 10.0. The minimum absolute atomic E-state index is 0.378. The average Bonchev–Trinajstić information content (AvgIpc) is 2.34. The Balaban J connectivity index is 1.90. The van der Waals surface area contributed by atoms with E-state index in [4.69, 9.17) is 15.2 Å². The average molecular weight is 221 g/mol. The molecule has 0 atom stereocenters. The second-order valence-electron chi connectivity index (χ2n) is 4.15. The third-order valence-corrected chi connectivity index (χ3v) is 2.85. The van der Waals surface area contributed by atoms with Crippen LogP contribution in [0.25, 0.3) is 0 Å². The van der Waals surface area contributed by atoms with Crippen LogP contribution in [-0.4, -0.2) is 13.3 Å². The van der Waals surface area contributed by atoms with Gasteiger partial charge >= 0.3 is 0 Å². The first-order valence-electron chi connectivity index (χ1n) is 5.92. The van der Waals surface area contributed by atoms with E-state index < -0.39 is 0 Å². The molecule has 3 nitrogen and oxygen atoms in total. The van der Waals surface area contributed by atoms with Crippen LogP contribution in [-0.2, 0) is 17.8 Å². The van der Waals surface area contributed by atoms with Crippen molar-refractivity contribution in [3.8, 4) is 5.75 Å². The Bertz CT molecular complexity index is 339. The van der Waals surface area contributed by atoms with Gasteiger partial charge in [-0.05, 0) is 43.5 Å². The van der Waals surface area contributed by atoms with E-state index in [1.807, 2.05) is 0 Å². The molecule has 88 valence electrons.